The summed E-state index contributed by atoms with van der Waals surface area (Å²) in [6.07, 6.45) is 2.14. The standard InChI is InChI=1S/C18H22ClN3O2S.2ClH/c1-12-17(18(23)22-9-3-4-14(10-22)20-2)25-16(21-12)11-24-15-7-5-13(19)6-8-15;;/h5-8,14,20H,3-4,9-11H2,1-2H3;2*1H. The van der Waals surface area contributed by atoms with Crippen LogP contribution in [0, 0.1) is 6.92 Å². The normalized spacial score (nSPS) is 16.3. The van der Waals surface area contributed by atoms with Crippen molar-refractivity contribution in [2.24, 2.45) is 0 Å². The van der Waals surface area contributed by atoms with E-state index in [2.05, 4.69) is 10.3 Å². The number of likely N-dealkylation sites (tertiary alicyclic amines) is 1. The molecule has 1 aliphatic heterocycles. The minimum Gasteiger partial charge on any atom is -0.486 e. The van der Waals surface area contributed by atoms with Crippen molar-refractivity contribution < 1.29 is 9.53 Å². The van der Waals surface area contributed by atoms with Crippen molar-refractivity contribution in [3.63, 3.8) is 0 Å². The van der Waals surface area contributed by atoms with Gasteiger partial charge in [-0.1, -0.05) is 11.6 Å². The van der Waals surface area contributed by atoms with Gasteiger partial charge in [-0.3, -0.25) is 4.79 Å². The molecule has 1 unspecified atom stereocenters. The van der Waals surface area contributed by atoms with Crippen LogP contribution in [-0.4, -0.2) is 42.0 Å². The number of benzene rings is 1. The van der Waals surface area contributed by atoms with Crippen LogP contribution >= 0.6 is 47.8 Å². The molecule has 0 bridgehead atoms. The van der Waals surface area contributed by atoms with Crippen molar-refractivity contribution in [2.75, 3.05) is 20.1 Å². The second kappa shape index (κ2) is 11.1. The number of nitrogens with one attached hydrogen (secondary N) is 1. The number of hydrogen-bond donors (Lipinski definition) is 1. The number of carbonyl (C=O) groups is 1. The summed E-state index contributed by atoms with van der Waals surface area (Å²) in [5, 5.41) is 4.74. The number of hydrogen-bond acceptors (Lipinski definition) is 5. The minimum absolute atomic E-state index is 0. The van der Waals surface area contributed by atoms with Gasteiger partial charge in [0.2, 0.25) is 0 Å². The van der Waals surface area contributed by atoms with Crippen molar-refractivity contribution >= 4 is 53.7 Å². The molecule has 5 nitrogen and oxygen atoms in total. The second-order valence-corrected chi connectivity index (χ2v) is 7.66. The maximum Gasteiger partial charge on any atom is 0.265 e. The van der Waals surface area contributed by atoms with Gasteiger partial charge in [0.25, 0.3) is 5.91 Å². The first kappa shape index (κ1) is 24.0. The number of thiazole rings is 1. The molecule has 1 aromatic heterocycles. The highest BCUT2D eigenvalue weighted by Gasteiger charge is 2.26. The number of carbonyl (C=O) groups excluding carboxylic acids is 1. The molecule has 1 aromatic carbocycles. The molecule has 1 saturated heterocycles. The summed E-state index contributed by atoms with van der Waals surface area (Å²) < 4.78 is 5.73. The van der Waals surface area contributed by atoms with Crippen LogP contribution in [0.2, 0.25) is 5.02 Å². The monoisotopic (exact) mass is 451 g/mol. The topological polar surface area (TPSA) is 54.5 Å². The van der Waals surface area contributed by atoms with Crippen LogP contribution in [0.15, 0.2) is 24.3 Å². The first-order chi connectivity index (χ1) is 12.1. The number of aromatic nitrogens is 1. The first-order valence-electron chi connectivity index (χ1n) is 8.38. The SMILES string of the molecule is CNC1CCCN(C(=O)c2sc(COc3ccc(Cl)cc3)nc2C)C1.Cl.Cl. The number of nitrogens with zero attached hydrogens (tertiary/aromatic N) is 2. The number of ether oxygens (including phenoxy) is 1. The van der Waals surface area contributed by atoms with Crippen molar-refractivity contribution in [1.29, 1.82) is 0 Å². The predicted molar refractivity (Wildman–Crippen MR) is 115 cm³/mol. The van der Waals surface area contributed by atoms with E-state index in [9.17, 15) is 4.79 Å². The summed E-state index contributed by atoms with van der Waals surface area (Å²) in [6.45, 7) is 3.79. The van der Waals surface area contributed by atoms with Crippen LogP contribution in [0.3, 0.4) is 0 Å². The first-order valence-corrected chi connectivity index (χ1v) is 9.57. The molecule has 150 valence electrons. The Kier molecular flexibility index (Phi) is 9.84. The number of likely N-dealkylation sites (N-methyl/N-ethyl adjacent to an activating group) is 1. The lowest BCUT2D eigenvalue weighted by Gasteiger charge is -2.32. The van der Waals surface area contributed by atoms with Crippen LogP contribution in [0.25, 0.3) is 0 Å². The quantitative estimate of drug-likeness (QED) is 0.732. The van der Waals surface area contributed by atoms with E-state index in [1.165, 1.54) is 11.3 Å². The van der Waals surface area contributed by atoms with E-state index >= 15 is 0 Å². The van der Waals surface area contributed by atoms with Gasteiger partial charge in [-0.25, -0.2) is 4.98 Å². The van der Waals surface area contributed by atoms with Gasteiger partial charge in [-0.15, -0.1) is 36.2 Å². The lowest BCUT2D eigenvalue weighted by Crippen LogP contribution is -2.46. The average molecular weight is 453 g/mol. The summed E-state index contributed by atoms with van der Waals surface area (Å²) >= 11 is 7.29. The smallest absolute Gasteiger partial charge is 0.265 e. The van der Waals surface area contributed by atoms with Crippen molar-refractivity contribution in [2.45, 2.75) is 32.4 Å². The molecule has 27 heavy (non-hydrogen) atoms. The number of aryl methyl sites for hydroxylation is 1. The van der Waals surface area contributed by atoms with Crippen molar-refractivity contribution in [3.8, 4) is 5.75 Å². The Labute approximate surface area is 181 Å². The number of piperidine rings is 1. The van der Waals surface area contributed by atoms with E-state index in [0.29, 0.717) is 22.5 Å². The Balaban J connectivity index is 0.00000182. The average Bonchev–Trinajstić information content (AvgIpc) is 3.01. The van der Waals surface area contributed by atoms with Gasteiger partial charge in [-0.2, -0.15) is 0 Å². The maximum atomic E-state index is 12.8. The fourth-order valence-electron chi connectivity index (χ4n) is 2.93. The van der Waals surface area contributed by atoms with Crippen LogP contribution in [0.4, 0.5) is 0 Å². The molecule has 2 aromatic rings. The Morgan fingerprint density at radius 1 is 1.37 bits per heavy atom. The van der Waals surface area contributed by atoms with Crippen molar-refractivity contribution in [3.05, 3.63) is 44.9 Å². The van der Waals surface area contributed by atoms with Gasteiger partial charge >= 0.3 is 0 Å². The lowest BCUT2D eigenvalue weighted by atomic mass is 10.1. The third-order valence-corrected chi connectivity index (χ3v) is 5.70. The van der Waals surface area contributed by atoms with Gasteiger partial charge in [0.15, 0.2) is 0 Å². The van der Waals surface area contributed by atoms with Crippen molar-refractivity contribution in [1.82, 2.24) is 15.2 Å². The van der Waals surface area contributed by atoms with E-state index in [-0.39, 0.29) is 30.7 Å². The van der Waals surface area contributed by atoms with Crippen LogP contribution in [-0.2, 0) is 6.61 Å². The van der Waals surface area contributed by atoms with Gasteiger partial charge in [-0.05, 0) is 51.1 Å². The summed E-state index contributed by atoms with van der Waals surface area (Å²) in [5.41, 5.74) is 0.774. The Morgan fingerprint density at radius 2 is 2.07 bits per heavy atom. The van der Waals surface area contributed by atoms with Gasteiger partial charge < -0.3 is 15.0 Å². The Hall–Kier alpha value is -1.05. The molecule has 0 aliphatic carbocycles. The van der Waals surface area contributed by atoms with Crippen LogP contribution in [0.1, 0.15) is 33.2 Å². The lowest BCUT2D eigenvalue weighted by molar-refractivity contribution is 0.0702. The molecule has 1 atom stereocenters. The highest BCUT2D eigenvalue weighted by Crippen LogP contribution is 2.24. The third kappa shape index (κ3) is 6.22. The molecule has 3 rings (SSSR count). The zero-order chi connectivity index (χ0) is 17.8. The minimum atomic E-state index is 0. The van der Waals surface area contributed by atoms with E-state index < -0.39 is 0 Å². The summed E-state index contributed by atoms with van der Waals surface area (Å²) in [6, 6.07) is 7.58. The number of rotatable bonds is 5. The molecular weight excluding hydrogens is 429 g/mol. The fraction of sp³-hybridized carbons (Fsp3) is 0.444. The molecule has 2 heterocycles. The van der Waals surface area contributed by atoms with E-state index in [4.69, 9.17) is 16.3 Å². The van der Waals surface area contributed by atoms with Gasteiger partial charge in [0.1, 0.15) is 22.2 Å². The molecule has 1 fully saturated rings. The van der Waals surface area contributed by atoms with Crippen LogP contribution < -0.4 is 10.1 Å². The van der Waals surface area contributed by atoms with E-state index in [1.54, 1.807) is 12.1 Å². The van der Waals surface area contributed by atoms with Crippen LogP contribution in [0.5, 0.6) is 5.75 Å². The highest BCUT2D eigenvalue weighted by atomic mass is 35.5. The number of halogens is 3. The van der Waals surface area contributed by atoms with E-state index in [1.807, 2.05) is 31.0 Å². The fourth-order valence-corrected chi connectivity index (χ4v) is 4.00. The van der Waals surface area contributed by atoms with Gasteiger partial charge in [0, 0.05) is 24.2 Å². The molecule has 0 spiro atoms. The predicted octanol–water partition coefficient (Wildman–Crippen LogP) is 4.35. The Morgan fingerprint density at radius 3 is 2.74 bits per heavy atom. The third-order valence-electron chi connectivity index (χ3n) is 4.33. The van der Waals surface area contributed by atoms with E-state index in [0.717, 1.165) is 42.4 Å². The molecular formula is C18H24Cl3N3O2S. The summed E-state index contributed by atoms with van der Waals surface area (Å²) in [5.74, 6) is 0.811. The maximum absolute atomic E-state index is 12.8. The zero-order valence-corrected chi connectivity index (χ0v) is 18.4. The highest BCUT2D eigenvalue weighted by molar-refractivity contribution is 7.13. The molecule has 0 saturated carbocycles. The Bertz CT molecular complexity index is 740. The number of amides is 1. The zero-order valence-electron chi connectivity index (χ0n) is 15.2. The molecule has 1 aliphatic rings. The molecule has 0 radical (unpaired) electrons. The summed E-state index contributed by atoms with van der Waals surface area (Å²) in [7, 11) is 1.95. The summed E-state index contributed by atoms with van der Waals surface area (Å²) in [4.78, 5) is 20.0. The molecule has 1 N–H and O–H groups in total. The largest absolute Gasteiger partial charge is 0.486 e. The van der Waals surface area contributed by atoms with Gasteiger partial charge in [0.05, 0.1) is 5.69 Å². The molecule has 1 amide bonds. The second-order valence-electron chi connectivity index (χ2n) is 6.14. The molecule has 9 heteroatoms.